The Balaban J connectivity index is 1.95. The van der Waals surface area contributed by atoms with Gasteiger partial charge in [0.05, 0.1) is 16.8 Å². The highest BCUT2D eigenvalue weighted by molar-refractivity contribution is 7.17. The van der Waals surface area contributed by atoms with E-state index in [2.05, 4.69) is 21.4 Å². The molecule has 6 heteroatoms. The summed E-state index contributed by atoms with van der Waals surface area (Å²) in [5.41, 5.74) is 1.98. The van der Waals surface area contributed by atoms with Gasteiger partial charge in [0.2, 0.25) is 0 Å². The van der Waals surface area contributed by atoms with Gasteiger partial charge in [0, 0.05) is 6.54 Å². The number of aliphatic hydroxyl groups excluding tert-OH is 1. The van der Waals surface area contributed by atoms with Crippen LogP contribution in [-0.4, -0.2) is 21.6 Å². The first-order chi connectivity index (χ1) is 10.7. The fourth-order valence-electron chi connectivity index (χ4n) is 2.31. The zero-order chi connectivity index (χ0) is 15.5. The predicted molar refractivity (Wildman–Crippen MR) is 87.9 cm³/mol. The molecule has 0 spiro atoms. The van der Waals surface area contributed by atoms with Crippen LogP contribution in [0.5, 0.6) is 0 Å². The van der Waals surface area contributed by atoms with Gasteiger partial charge in [-0.25, -0.2) is 9.97 Å². The van der Waals surface area contributed by atoms with E-state index in [-0.39, 0.29) is 6.61 Å². The zero-order valence-electron chi connectivity index (χ0n) is 12.3. The summed E-state index contributed by atoms with van der Waals surface area (Å²) in [6.07, 6.45) is 1.58. The minimum Gasteiger partial charge on any atom is -0.462 e. The molecule has 3 heterocycles. The maximum Gasteiger partial charge on any atom is 0.150 e. The quantitative estimate of drug-likeness (QED) is 0.707. The number of furan rings is 1. The van der Waals surface area contributed by atoms with E-state index in [0.717, 1.165) is 27.4 Å². The van der Waals surface area contributed by atoms with Crippen molar-refractivity contribution in [2.24, 2.45) is 0 Å². The molecule has 0 unspecified atom stereocenters. The molecule has 0 amide bonds. The molecule has 3 aromatic rings. The minimum atomic E-state index is -0.0941. The molecule has 0 aromatic carbocycles. The second kappa shape index (κ2) is 6.29. The van der Waals surface area contributed by atoms with E-state index in [1.807, 2.05) is 24.4 Å². The topological polar surface area (TPSA) is 62.4 Å². The Bertz CT molecular complexity index is 793. The lowest BCUT2D eigenvalue weighted by Crippen LogP contribution is -2.25. The summed E-state index contributed by atoms with van der Waals surface area (Å²) in [7, 11) is 0. The first kappa shape index (κ1) is 14.7. The predicted octanol–water partition coefficient (Wildman–Crippen LogP) is 3.36. The smallest absolute Gasteiger partial charge is 0.150 e. The Labute approximate surface area is 132 Å². The highest BCUT2D eigenvalue weighted by Gasteiger charge is 2.16. The number of fused-ring (bicyclic) bond motifs is 1. The zero-order valence-corrected chi connectivity index (χ0v) is 13.1. The maximum atomic E-state index is 9.12. The molecule has 0 saturated carbocycles. The molecule has 0 aliphatic carbocycles. The average molecular weight is 315 g/mol. The third-order valence-corrected chi connectivity index (χ3v) is 4.10. The molecule has 3 rings (SSSR count). The first-order valence-electron chi connectivity index (χ1n) is 6.93. The molecule has 0 aliphatic heterocycles. The van der Waals surface area contributed by atoms with Crippen molar-refractivity contribution in [3.05, 3.63) is 53.6 Å². The van der Waals surface area contributed by atoms with Gasteiger partial charge in [-0.2, -0.15) is 0 Å². The van der Waals surface area contributed by atoms with Crippen LogP contribution < -0.4 is 4.90 Å². The number of rotatable bonds is 6. The SMILES string of the molecule is C=C(C)CN(Cc1ccc(CO)o1)c1ncnc2ccsc12. The van der Waals surface area contributed by atoms with E-state index in [1.165, 1.54) is 0 Å². The van der Waals surface area contributed by atoms with Gasteiger partial charge in [0.1, 0.15) is 24.5 Å². The van der Waals surface area contributed by atoms with E-state index < -0.39 is 0 Å². The number of aromatic nitrogens is 2. The molecular formula is C16H17N3O2S. The second-order valence-electron chi connectivity index (χ2n) is 5.17. The Morgan fingerprint density at radius 3 is 2.86 bits per heavy atom. The number of hydrogen-bond acceptors (Lipinski definition) is 6. The average Bonchev–Trinajstić information content (AvgIpc) is 3.14. The van der Waals surface area contributed by atoms with E-state index in [9.17, 15) is 0 Å². The van der Waals surface area contributed by atoms with Gasteiger partial charge in [0.15, 0.2) is 5.82 Å². The Morgan fingerprint density at radius 1 is 1.32 bits per heavy atom. The van der Waals surface area contributed by atoms with Crippen molar-refractivity contribution < 1.29 is 9.52 Å². The molecule has 0 aliphatic rings. The van der Waals surface area contributed by atoms with Crippen LogP contribution in [-0.2, 0) is 13.2 Å². The fourth-order valence-corrected chi connectivity index (χ4v) is 3.17. The molecule has 0 atom stereocenters. The summed E-state index contributed by atoms with van der Waals surface area (Å²) in [6, 6.07) is 5.65. The molecule has 3 aromatic heterocycles. The van der Waals surface area contributed by atoms with Crippen molar-refractivity contribution in [1.82, 2.24) is 9.97 Å². The van der Waals surface area contributed by atoms with Crippen LogP contribution in [0, 0.1) is 0 Å². The molecule has 114 valence electrons. The van der Waals surface area contributed by atoms with Crippen LogP contribution in [0.1, 0.15) is 18.4 Å². The van der Waals surface area contributed by atoms with Gasteiger partial charge in [-0.15, -0.1) is 11.3 Å². The highest BCUT2D eigenvalue weighted by Crippen LogP contribution is 2.29. The van der Waals surface area contributed by atoms with E-state index in [0.29, 0.717) is 18.8 Å². The largest absolute Gasteiger partial charge is 0.462 e. The van der Waals surface area contributed by atoms with Gasteiger partial charge < -0.3 is 14.4 Å². The Morgan fingerprint density at radius 2 is 2.14 bits per heavy atom. The number of nitrogens with zero attached hydrogens (tertiary/aromatic N) is 3. The molecule has 22 heavy (non-hydrogen) atoms. The third kappa shape index (κ3) is 3.03. The summed E-state index contributed by atoms with van der Waals surface area (Å²) in [5.74, 6) is 2.23. The van der Waals surface area contributed by atoms with Crippen molar-refractivity contribution in [1.29, 1.82) is 0 Å². The van der Waals surface area contributed by atoms with Gasteiger partial charge in [-0.1, -0.05) is 12.2 Å². The van der Waals surface area contributed by atoms with Crippen LogP contribution in [0.15, 0.2) is 46.5 Å². The van der Waals surface area contributed by atoms with Gasteiger partial charge >= 0.3 is 0 Å². The summed E-state index contributed by atoms with van der Waals surface area (Å²) in [6.45, 7) is 7.14. The molecule has 0 bridgehead atoms. The fraction of sp³-hybridized carbons (Fsp3) is 0.250. The van der Waals surface area contributed by atoms with Crippen LogP contribution in [0.4, 0.5) is 5.82 Å². The lowest BCUT2D eigenvalue weighted by molar-refractivity contribution is 0.243. The standard InChI is InChI=1S/C16H17N3O2S/c1-11(2)7-19(8-12-3-4-13(9-20)21-12)16-15-14(5-6-22-15)17-10-18-16/h3-6,10,20H,1,7-9H2,2H3. The Kier molecular flexibility index (Phi) is 4.22. The van der Waals surface area contributed by atoms with Crippen LogP contribution in [0.2, 0.25) is 0 Å². The monoisotopic (exact) mass is 315 g/mol. The number of thiophene rings is 1. The van der Waals surface area contributed by atoms with Crippen LogP contribution in [0.3, 0.4) is 0 Å². The molecule has 0 saturated heterocycles. The van der Waals surface area contributed by atoms with E-state index >= 15 is 0 Å². The number of aliphatic hydroxyl groups is 1. The summed E-state index contributed by atoms with van der Waals surface area (Å²) < 4.78 is 6.65. The summed E-state index contributed by atoms with van der Waals surface area (Å²) in [5, 5.41) is 11.1. The summed E-state index contributed by atoms with van der Waals surface area (Å²) >= 11 is 1.62. The first-order valence-corrected chi connectivity index (χ1v) is 7.81. The number of anilines is 1. The van der Waals surface area contributed by atoms with E-state index in [4.69, 9.17) is 9.52 Å². The Hall–Kier alpha value is -2.18. The highest BCUT2D eigenvalue weighted by atomic mass is 32.1. The molecule has 1 N–H and O–H groups in total. The van der Waals surface area contributed by atoms with Crippen molar-refractivity contribution in [2.75, 3.05) is 11.4 Å². The lowest BCUT2D eigenvalue weighted by atomic mass is 10.3. The van der Waals surface area contributed by atoms with E-state index in [1.54, 1.807) is 23.7 Å². The van der Waals surface area contributed by atoms with Crippen molar-refractivity contribution in [3.63, 3.8) is 0 Å². The molecule has 0 radical (unpaired) electrons. The van der Waals surface area contributed by atoms with Gasteiger partial charge in [0.25, 0.3) is 0 Å². The molecular weight excluding hydrogens is 298 g/mol. The normalized spacial score (nSPS) is 11.0. The van der Waals surface area contributed by atoms with Crippen molar-refractivity contribution in [3.8, 4) is 0 Å². The van der Waals surface area contributed by atoms with Crippen molar-refractivity contribution in [2.45, 2.75) is 20.1 Å². The summed E-state index contributed by atoms with van der Waals surface area (Å²) in [4.78, 5) is 10.8. The number of hydrogen-bond donors (Lipinski definition) is 1. The maximum absolute atomic E-state index is 9.12. The molecule has 5 nitrogen and oxygen atoms in total. The molecule has 0 fully saturated rings. The van der Waals surface area contributed by atoms with Crippen LogP contribution in [0.25, 0.3) is 10.2 Å². The van der Waals surface area contributed by atoms with Crippen LogP contribution >= 0.6 is 11.3 Å². The van der Waals surface area contributed by atoms with Gasteiger partial charge in [-0.3, -0.25) is 0 Å². The minimum absolute atomic E-state index is 0.0941. The van der Waals surface area contributed by atoms with Gasteiger partial charge in [-0.05, 0) is 30.5 Å². The van der Waals surface area contributed by atoms with Crippen molar-refractivity contribution >= 4 is 27.4 Å². The lowest BCUT2D eigenvalue weighted by Gasteiger charge is -2.23. The third-order valence-electron chi connectivity index (χ3n) is 3.20. The second-order valence-corrected chi connectivity index (χ2v) is 6.09.